The molecule has 0 aromatic heterocycles. The number of halogens is 3. The molecule has 0 spiro atoms. The van der Waals surface area contributed by atoms with Crippen molar-refractivity contribution < 1.29 is 18.3 Å². The van der Waals surface area contributed by atoms with Crippen LogP contribution in [0.1, 0.15) is 17.5 Å². The molecule has 1 aliphatic heterocycles. The van der Waals surface area contributed by atoms with Gasteiger partial charge in [0.25, 0.3) is 0 Å². The number of nitrogens with one attached hydrogen (secondary N) is 1. The van der Waals surface area contributed by atoms with Gasteiger partial charge in [-0.05, 0) is 24.6 Å². The highest BCUT2D eigenvalue weighted by Crippen LogP contribution is 2.38. The Morgan fingerprint density at radius 2 is 2.12 bits per heavy atom. The SMILES string of the molecule is NCC1(O)CCNc2ccc(C(F)(F)F)cc21. The molecule has 0 fully saturated rings. The number of nitrogens with two attached hydrogens (primary N) is 1. The summed E-state index contributed by atoms with van der Waals surface area (Å²) in [4.78, 5) is 0. The summed E-state index contributed by atoms with van der Waals surface area (Å²) in [5.74, 6) is 0. The first kappa shape index (κ1) is 12.2. The molecule has 3 nitrogen and oxygen atoms in total. The van der Waals surface area contributed by atoms with Crippen LogP contribution >= 0.6 is 0 Å². The lowest BCUT2D eigenvalue weighted by Crippen LogP contribution is -2.40. The van der Waals surface area contributed by atoms with Crippen molar-refractivity contribution in [3.05, 3.63) is 29.3 Å². The van der Waals surface area contributed by atoms with Crippen LogP contribution in [0.3, 0.4) is 0 Å². The summed E-state index contributed by atoms with van der Waals surface area (Å²) in [6, 6.07) is 3.29. The molecule has 94 valence electrons. The molecule has 2 rings (SSSR count). The molecule has 1 unspecified atom stereocenters. The van der Waals surface area contributed by atoms with Crippen LogP contribution in [0.2, 0.25) is 0 Å². The Kier molecular flexibility index (Phi) is 2.79. The van der Waals surface area contributed by atoms with Gasteiger partial charge in [-0.3, -0.25) is 0 Å². The average molecular weight is 246 g/mol. The van der Waals surface area contributed by atoms with Crippen LogP contribution in [0.15, 0.2) is 18.2 Å². The fourth-order valence-corrected chi connectivity index (χ4v) is 2.01. The Balaban J connectivity index is 2.52. The lowest BCUT2D eigenvalue weighted by atomic mass is 9.85. The van der Waals surface area contributed by atoms with E-state index in [0.717, 1.165) is 12.1 Å². The van der Waals surface area contributed by atoms with Crippen molar-refractivity contribution in [1.82, 2.24) is 0 Å². The number of hydrogen-bond acceptors (Lipinski definition) is 3. The first-order chi connectivity index (χ1) is 7.87. The summed E-state index contributed by atoms with van der Waals surface area (Å²) in [6.45, 7) is 0.398. The van der Waals surface area contributed by atoms with Crippen LogP contribution in [0.4, 0.5) is 18.9 Å². The third kappa shape index (κ3) is 2.10. The van der Waals surface area contributed by atoms with Crippen molar-refractivity contribution in [3.63, 3.8) is 0 Å². The molecular weight excluding hydrogens is 233 g/mol. The Morgan fingerprint density at radius 1 is 1.41 bits per heavy atom. The van der Waals surface area contributed by atoms with Gasteiger partial charge >= 0.3 is 6.18 Å². The fourth-order valence-electron chi connectivity index (χ4n) is 2.01. The normalized spacial score (nSPS) is 24.1. The van der Waals surface area contributed by atoms with E-state index in [1.165, 1.54) is 6.07 Å². The molecule has 1 heterocycles. The van der Waals surface area contributed by atoms with Gasteiger partial charge in [-0.1, -0.05) is 0 Å². The van der Waals surface area contributed by atoms with Gasteiger partial charge in [0, 0.05) is 24.3 Å². The molecular formula is C11H13F3N2O. The molecule has 6 heteroatoms. The number of fused-ring (bicyclic) bond motifs is 1. The van der Waals surface area contributed by atoms with Crippen molar-refractivity contribution in [1.29, 1.82) is 0 Å². The minimum absolute atomic E-state index is 0.0943. The molecule has 0 saturated carbocycles. The maximum Gasteiger partial charge on any atom is 0.416 e. The second kappa shape index (κ2) is 3.89. The summed E-state index contributed by atoms with van der Waals surface area (Å²) < 4.78 is 37.7. The van der Waals surface area contributed by atoms with Gasteiger partial charge in [0.2, 0.25) is 0 Å². The van der Waals surface area contributed by atoms with Crippen molar-refractivity contribution in [2.75, 3.05) is 18.4 Å². The molecule has 1 atom stereocenters. The average Bonchev–Trinajstić information content (AvgIpc) is 2.28. The predicted octanol–water partition coefficient (Wildman–Crippen LogP) is 1.67. The van der Waals surface area contributed by atoms with Gasteiger partial charge in [0.05, 0.1) is 5.56 Å². The minimum atomic E-state index is -4.41. The van der Waals surface area contributed by atoms with Gasteiger partial charge < -0.3 is 16.2 Å². The van der Waals surface area contributed by atoms with E-state index in [1.54, 1.807) is 0 Å². The van der Waals surface area contributed by atoms with Crippen molar-refractivity contribution in [2.45, 2.75) is 18.2 Å². The number of alkyl halides is 3. The van der Waals surface area contributed by atoms with Gasteiger partial charge in [-0.15, -0.1) is 0 Å². The molecule has 1 aromatic carbocycles. The fraction of sp³-hybridized carbons (Fsp3) is 0.455. The van der Waals surface area contributed by atoms with E-state index in [9.17, 15) is 18.3 Å². The molecule has 17 heavy (non-hydrogen) atoms. The third-order valence-electron chi connectivity index (χ3n) is 3.04. The molecule has 0 saturated heterocycles. The summed E-state index contributed by atoms with van der Waals surface area (Å²) in [7, 11) is 0. The molecule has 0 radical (unpaired) electrons. The first-order valence-corrected chi connectivity index (χ1v) is 5.25. The Morgan fingerprint density at radius 3 is 2.71 bits per heavy atom. The van der Waals surface area contributed by atoms with Crippen LogP contribution < -0.4 is 11.1 Å². The lowest BCUT2D eigenvalue weighted by molar-refractivity contribution is -0.137. The van der Waals surface area contributed by atoms with Crippen LogP contribution in [0.5, 0.6) is 0 Å². The first-order valence-electron chi connectivity index (χ1n) is 5.25. The van der Waals surface area contributed by atoms with E-state index >= 15 is 0 Å². The quantitative estimate of drug-likeness (QED) is 0.706. The second-order valence-corrected chi connectivity index (χ2v) is 4.17. The smallest absolute Gasteiger partial charge is 0.385 e. The van der Waals surface area contributed by atoms with Crippen LogP contribution in [-0.4, -0.2) is 18.2 Å². The van der Waals surface area contributed by atoms with Gasteiger partial charge in [-0.25, -0.2) is 0 Å². The van der Waals surface area contributed by atoms with Crippen LogP contribution in [-0.2, 0) is 11.8 Å². The monoisotopic (exact) mass is 246 g/mol. The van der Waals surface area contributed by atoms with Crippen molar-refractivity contribution in [3.8, 4) is 0 Å². The molecule has 1 aliphatic rings. The topological polar surface area (TPSA) is 58.3 Å². The standard InChI is InChI=1S/C11H13F3N2O/c12-11(13,14)7-1-2-9-8(5-7)10(17,6-15)3-4-16-9/h1-2,5,16-17H,3-4,6,15H2. The van der Waals surface area contributed by atoms with Crippen molar-refractivity contribution in [2.24, 2.45) is 5.73 Å². The molecule has 0 aliphatic carbocycles. The highest BCUT2D eigenvalue weighted by Gasteiger charge is 2.37. The summed E-state index contributed by atoms with van der Waals surface area (Å²) >= 11 is 0. The minimum Gasteiger partial charge on any atom is -0.385 e. The second-order valence-electron chi connectivity index (χ2n) is 4.17. The van der Waals surface area contributed by atoms with E-state index < -0.39 is 17.3 Å². The van der Waals surface area contributed by atoms with E-state index in [0.29, 0.717) is 18.7 Å². The maximum absolute atomic E-state index is 12.6. The highest BCUT2D eigenvalue weighted by molar-refractivity contribution is 5.57. The lowest BCUT2D eigenvalue weighted by Gasteiger charge is -2.34. The maximum atomic E-state index is 12.6. The largest absolute Gasteiger partial charge is 0.416 e. The molecule has 0 amide bonds. The van der Waals surface area contributed by atoms with Crippen LogP contribution in [0.25, 0.3) is 0 Å². The Labute approximate surface area is 96.4 Å². The van der Waals surface area contributed by atoms with E-state index in [2.05, 4.69) is 5.32 Å². The van der Waals surface area contributed by atoms with Gasteiger partial charge in [0.1, 0.15) is 5.60 Å². The molecule has 4 N–H and O–H groups in total. The molecule has 0 bridgehead atoms. The summed E-state index contributed by atoms with van der Waals surface area (Å²) in [5.41, 5.74) is 4.04. The molecule has 1 aromatic rings. The van der Waals surface area contributed by atoms with E-state index in [-0.39, 0.29) is 12.1 Å². The highest BCUT2D eigenvalue weighted by atomic mass is 19.4. The number of hydrogen-bond donors (Lipinski definition) is 3. The number of aliphatic hydroxyl groups is 1. The number of benzene rings is 1. The summed E-state index contributed by atoms with van der Waals surface area (Å²) in [5, 5.41) is 13.1. The van der Waals surface area contributed by atoms with Gasteiger partial charge in [0.15, 0.2) is 0 Å². The van der Waals surface area contributed by atoms with Crippen LogP contribution in [0, 0.1) is 0 Å². The third-order valence-corrected chi connectivity index (χ3v) is 3.04. The van der Waals surface area contributed by atoms with Crippen molar-refractivity contribution >= 4 is 5.69 Å². The Bertz CT molecular complexity index is 433. The zero-order valence-corrected chi connectivity index (χ0v) is 9.01. The Hall–Kier alpha value is -1.27. The van der Waals surface area contributed by atoms with Gasteiger partial charge in [-0.2, -0.15) is 13.2 Å². The number of rotatable bonds is 1. The zero-order valence-electron chi connectivity index (χ0n) is 9.01. The predicted molar refractivity (Wildman–Crippen MR) is 57.5 cm³/mol. The summed E-state index contributed by atoms with van der Waals surface area (Å²) in [6.07, 6.45) is -4.11. The van der Waals surface area contributed by atoms with E-state index in [4.69, 9.17) is 5.73 Å². The van der Waals surface area contributed by atoms with E-state index in [1.807, 2.05) is 0 Å². The number of anilines is 1. The zero-order chi connectivity index (χ0) is 12.7.